The van der Waals surface area contributed by atoms with Crippen LogP contribution in [0.3, 0.4) is 0 Å². The van der Waals surface area contributed by atoms with Crippen molar-refractivity contribution in [3.63, 3.8) is 0 Å². The third kappa shape index (κ3) is 4.10. The van der Waals surface area contributed by atoms with E-state index in [1.165, 1.54) is 0 Å². The van der Waals surface area contributed by atoms with Gasteiger partial charge in [-0.15, -0.1) is 0 Å². The molecule has 1 aliphatic rings. The van der Waals surface area contributed by atoms with Crippen molar-refractivity contribution in [1.29, 1.82) is 0 Å². The van der Waals surface area contributed by atoms with Crippen molar-refractivity contribution in [3.05, 3.63) is 0 Å². The fraction of sp³-hybridized carbons (Fsp3) is 0.917. The van der Waals surface area contributed by atoms with Crippen LogP contribution in [0.25, 0.3) is 0 Å². The number of hydrogen-bond acceptors (Lipinski definition) is 3. The fourth-order valence-electron chi connectivity index (χ4n) is 2.02. The lowest BCUT2D eigenvalue weighted by Crippen LogP contribution is -2.46. The summed E-state index contributed by atoms with van der Waals surface area (Å²) in [6.45, 7) is 7.56. The Morgan fingerprint density at radius 1 is 1.38 bits per heavy atom. The van der Waals surface area contributed by atoms with E-state index in [2.05, 4.69) is 38.0 Å². The van der Waals surface area contributed by atoms with E-state index in [1.54, 1.807) is 0 Å². The first-order valence-electron chi connectivity index (χ1n) is 5.98. The number of carboxylic acid groups (broad SMARTS) is 1. The fourth-order valence-corrected chi connectivity index (χ4v) is 2.02. The molecule has 2 atom stereocenters. The first-order valence-corrected chi connectivity index (χ1v) is 5.98. The smallest absolute Gasteiger partial charge is 0.304 e. The van der Waals surface area contributed by atoms with Crippen LogP contribution in [0, 0.1) is 0 Å². The molecule has 1 heterocycles. The van der Waals surface area contributed by atoms with E-state index in [0.29, 0.717) is 6.04 Å². The van der Waals surface area contributed by atoms with Gasteiger partial charge in [0.15, 0.2) is 0 Å². The average Bonchev–Trinajstić information content (AvgIpc) is 2.49. The lowest BCUT2D eigenvalue weighted by molar-refractivity contribution is -0.137. The zero-order chi connectivity index (χ0) is 12.3. The molecule has 1 fully saturated rings. The molecule has 1 unspecified atom stereocenters. The van der Waals surface area contributed by atoms with Gasteiger partial charge in [0.25, 0.3) is 0 Å². The van der Waals surface area contributed by atoms with Crippen molar-refractivity contribution in [1.82, 2.24) is 10.2 Å². The van der Waals surface area contributed by atoms with Gasteiger partial charge in [0.1, 0.15) is 0 Å². The highest BCUT2D eigenvalue weighted by Crippen LogP contribution is 2.18. The van der Waals surface area contributed by atoms with Gasteiger partial charge in [0.2, 0.25) is 0 Å². The number of likely N-dealkylation sites (N-methyl/N-ethyl adjacent to an activating group) is 1. The predicted molar refractivity (Wildman–Crippen MR) is 64.6 cm³/mol. The molecule has 1 aliphatic heterocycles. The van der Waals surface area contributed by atoms with Crippen LogP contribution >= 0.6 is 0 Å². The van der Waals surface area contributed by atoms with Crippen LogP contribution in [-0.2, 0) is 4.79 Å². The van der Waals surface area contributed by atoms with Crippen LogP contribution in [0.2, 0.25) is 0 Å². The van der Waals surface area contributed by atoms with Gasteiger partial charge < -0.3 is 10.4 Å². The summed E-state index contributed by atoms with van der Waals surface area (Å²) < 4.78 is 0. The van der Waals surface area contributed by atoms with Crippen LogP contribution in [-0.4, -0.2) is 47.2 Å². The Hall–Kier alpha value is -0.610. The minimum absolute atomic E-state index is 0.163. The highest BCUT2D eigenvalue weighted by Gasteiger charge is 2.28. The van der Waals surface area contributed by atoms with Crippen LogP contribution in [0.15, 0.2) is 0 Å². The Kier molecular flexibility index (Phi) is 4.33. The molecule has 1 rings (SSSR count). The Labute approximate surface area is 98.0 Å². The molecular formula is C12H24N2O2. The SMILES string of the molecule is CN(C[C@@H]1CCC(CC(=O)O)N1)C(C)(C)C. The van der Waals surface area contributed by atoms with E-state index in [1.807, 2.05) is 0 Å². The molecule has 0 aliphatic carbocycles. The zero-order valence-corrected chi connectivity index (χ0v) is 10.8. The van der Waals surface area contributed by atoms with E-state index < -0.39 is 5.97 Å². The molecule has 4 heteroatoms. The van der Waals surface area contributed by atoms with Gasteiger partial charge in [0, 0.05) is 24.2 Å². The molecular weight excluding hydrogens is 204 g/mol. The van der Waals surface area contributed by atoms with Gasteiger partial charge in [-0.05, 0) is 40.7 Å². The maximum atomic E-state index is 10.6. The summed E-state index contributed by atoms with van der Waals surface area (Å²) in [4.78, 5) is 12.9. The molecule has 0 saturated carbocycles. The number of rotatable bonds is 4. The lowest BCUT2D eigenvalue weighted by Gasteiger charge is -2.34. The topological polar surface area (TPSA) is 52.6 Å². The number of hydrogen-bond donors (Lipinski definition) is 2. The van der Waals surface area contributed by atoms with Crippen molar-refractivity contribution < 1.29 is 9.90 Å². The number of nitrogens with zero attached hydrogens (tertiary/aromatic N) is 1. The Bertz CT molecular complexity index is 248. The minimum Gasteiger partial charge on any atom is -0.481 e. The quantitative estimate of drug-likeness (QED) is 0.762. The molecule has 0 aromatic carbocycles. The van der Waals surface area contributed by atoms with Gasteiger partial charge in [-0.25, -0.2) is 0 Å². The predicted octanol–water partition coefficient (Wildman–Crippen LogP) is 1.31. The summed E-state index contributed by atoms with van der Waals surface area (Å²) in [5, 5.41) is 12.1. The molecule has 4 nitrogen and oxygen atoms in total. The summed E-state index contributed by atoms with van der Waals surface area (Å²) in [5.74, 6) is -0.706. The molecule has 0 spiro atoms. The molecule has 0 radical (unpaired) electrons. The van der Waals surface area contributed by atoms with Gasteiger partial charge in [-0.3, -0.25) is 9.69 Å². The largest absolute Gasteiger partial charge is 0.481 e. The summed E-state index contributed by atoms with van der Waals surface area (Å²) in [6, 6.07) is 0.601. The standard InChI is InChI=1S/C12H24N2O2/c1-12(2,3)14(4)8-10-6-5-9(13-10)7-11(15)16/h9-10,13H,5-8H2,1-4H3,(H,15,16)/t9?,10-/m0/s1. The summed E-state index contributed by atoms with van der Waals surface area (Å²) in [7, 11) is 2.12. The van der Waals surface area contributed by atoms with Crippen LogP contribution < -0.4 is 5.32 Å². The van der Waals surface area contributed by atoms with Crippen molar-refractivity contribution in [2.24, 2.45) is 0 Å². The van der Waals surface area contributed by atoms with E-state index >= 15 is 0 Å². The van der Waals surface area contributed by atoms with Crippen molar-refractivity contribution in [2.75, 3.05) is 13.6 Å². The number of carboxylic acids is 1. The monoisotopic (exact) mass is 228 g/mol. The summed E-state index contributed by atoms with van der Waals surface area (Å²) in [6.07, 6.45) is 2.31. The molecule has 0 bridgehead atoms. The van der Waals surface area contributed by atoms with Gasteiger partial charge in [0.05, 0.1) is 6.42 Å². The lowest BCUT2D eigenvalue weighted by atomic mass is 10.1. The van der Waals surface area contributed by atoms with Crippen LogP contribution in [0.5, 0.6) is 0 Å². The highest BCUT2D eigenvalue weighted by atomic mass is 16.4. The number of aliphatic carboxylic acids is 1. The second-order valence-electron chi connectivity index (χ2n) is 5.79. The molecule has 0 aromatic heterocycles. The van der Waals surface area contributed by atoms with E-state index in [0.717, 1.165) is 19.4 Å². The normalized spacial score (nSPS) is 26.3. The van der Waals surface area contributed by atoms with Crippen LogP contribution in [0.1, 0.15) is 40.0 Å². The minimum atomic E-state index is -0.706. The third-order valence-electron chi connectivity index (χ3n) is 3.40. The van der Waals surface area contributed by atoms with Crippen molar-refractivity contribution in [3.8, 4) is 0 Å². The Morgan fingerprint density at radius 3 is 2.44 bits per heavy atom. The van der Waals surface area contributed by atoms with Crippen molar-refractivity contribution >= 4 is 5.97 Å². The third-order valence-corrected chi connectivity index (χ3v) is 3.40. The van der Waals surface area contributed by atoms with E-state index in [-0.39, 0.29) is 18.0 Å². The Morgan fingerprint density at radius 2 is 1.94 bits per heavy atom. The highest BCUT2D eigenvalue weighted by molar-refractivity contribution is 5.67. The summed E-state index contributed by atoms with van der Waals surface area (Å²) >= 11 is 0. The first-order chi connectivity index (χ1) is 7.29. The zero-order valence-electron chi connectivity index (χ0n) is 10.8. The maximum absolute atomic E-state index is 10.6. The average molecular weight is 228 g/mol. The molecule has 0 aromatic rings. The second-order valence-corrected chi connectivity index (χ2v) is 5.79. The molecule has 2 N–H and O–H groups in total. The summed E-state index contributed by atoms with van der Waals surface area (Å²) in [5.41, 5.74) is 0.173. The Balaban J connectivity index is 2.34. The first kappa shape index (κ1) is 13.5. The van der Waals surface area contributed by atoms with Gasteiger partial charge >= 0.3 is 5.97 Å². The molecule has 16 heavy (non-hydrogen) atoms. The van der Waals surface area contributed by atoms with E-state index in [9.17, 15) is 4.79 Å². The van der Waals surface area contributed by atoms with E-state index in [4.69, 9.17) is 5.11 Å². The van der Waals surface area contributed by atoms with Gasteiger partial charge in [-0.1, -0.05) is 0 Å². The number of nitrogens with one attached hydrogen (secondary N) is 1. The van der Waals surface area contributed by atoms with Gasteiger partial charge in [-0.2, -0.15) is 0 Å². The molecule has 0 amide bonds. The molecule has 1 saturated heterocycles. The van der Waals surface area contributed by atoms with Crippen LogP contribution in [0.4, 0.5) is 0 Å². The second kappa shape index (κ2) is 5.15. The number of carbonyl (C=O) groups is 1. The molecule has 94 valence electrons. The van der Waals surface area contributed by atoms with Crippen molar-refractivity contribution in [2.45, 2.75) is 57.7 Å². The maximum Gasteiger partial charge on any atom is 0.304 e.